The number of hydrogen-bond donors (Lipinski definition) is 3. The molecule has 0 spiro atoms. The van der Waals surface area contributed by atoms with Crippen LogP contribution in [0.4, 0.5) is 28.7 Å². The Bertz CT molecular complexity index is 1050. The van der Waals surface area contributed by atoms with Gasteiger partial charge in [-0.1, -0.05) is 13.8 Å². The minimum absolute atomic E-state index is 0.237. The maximum atomic E-state index is 12.6. The molecule has 2 heterocycles. The molecule has 0 unspecified atom stereocenters. The lowest BCUT2D eigenvalue weighted by molar-refractivity contribution is 0.445. The van der Waals surface area contributed by atoms with Gasteiger partial charge in [0, 0.05) is 25.0 Å². The molecule has 1 aromatic carbocycles. The smallest absolute Gasteiger partial charge is 0.243 e. The summed E-state index contributed by atoms with van der Waals surface area (Å²) in [6, 6.07) is 10.1. The first-order chi connectivity index (χ1) is 14.0. The second-order valence-corrected chi connectivity index (χ2v) is 8.03. The Morgan fingerprint density at radius 3 is 2.14 bits per heavy atom. The lowest BCUT2D eigenvalue weighted by Gasteiger charge is -2.18. The molecule has 0 atom stereocenters. The zero-order valence-corrected chi connectivity index (χ0v) is 17.0. The molecule has 3 aromatic rings. The zero-order chi connectivity index (χ0) is 20.9. The highest BCUT2D eigenvalue weighted by molar-refractivity contribution is 7.89. The summed E-state index contributed by atoms with van der Waals surface area (Å²) in [6.07, 6.45) is 4.71. The summed E-state index contributed by atoms with van der Waals surface area (Å²) in [5, 5.41) is 6.18. The molecule has 0 saturated carbocycles. The van der Waals surface area contributed by atoms with Gasteiger partial charge in [-0.2, -0.15) is 4.31 Å². The van der Waals surface area contributed by atoms with Crippen LogP contribution in [0.15, 0.2) is 60.0 Å². The average molecular weight is 414 g/mol. The van der Waals surface area contributed by atoms with Gasteiger partial charge in [0.1, 0.15) is 12.0 Å². The molecule has 0 amide bonds. The van der Waals surface area contributed by atoms with E-state index >= 15 is 0 Å². The van der Waals surface area contributed by atoms with E-state index in [1.807, 2.05) is 19.9 Å². The zero-order valence-electron chi connectivity index (χ0n) is 16.2. The predicted octanol–water partition coefficient (Wildman–Crippen LogP) is 2.97. The van der Waals surface area contributed by atoms with Crippen LogP contribution in [-0.2, 0) is 10.0 Å². The second kappa shape index (κ2) is 8.84. The maximum Gasteiger partial charge on any atom is 0.243 e. The molecule has 3 rings (SSSR count). The number of nitrogen functional groups attached to an aromatic ring is 1. The number of pyridine rings is 1. The van der Waals surface area contributed by atoms with E-state index in [0.29, 0.717) is 36.1 Å². The average Bonchev–Trinajstić information content (AvgIpc) is 2.73. The van der Waals surface area contributed by atoms with Crippen molar-refractivity contribution < 1.29 is 8.42 Å². The van der Waals surface area contributed by atoms with E-state index < -0.39 is 10.0 Å². The van der Waals surface area contributed by atoms with Gasteiger partial charge in [0.25, 0.3) is 0 Å². The van der Waals surface area contributed by atoms with E-state index in [9.17, 15) is 8.42 Å². The summed E-state index contributed by atoms with van der Waals surface area (Å²) in [5.74, 6) is 0.849. The molecule has 0 aliphatic carbocycles. The number of sulfonamides is 1. The summed E-state index contributed by atoms with van der Waals surface area (Å²) in [4.78, 5) is 12.6. The molecular weight excluding hydrogens is 390 g/mol. The molecule has 0 aliphatic rings. The number of rotatable bonds is 8. The minimum Gasteiger partial charge on any atom is -0.393 e. The molecule has 0 radical (unpaired) electrons. The van der Waals surface area contributed by atoms with Crippen LogP contribution >= 0.6 is 0 Å². The summed E-state index contributed by atoms with van der Waals surface area (Å²) in [7, 11) is -3.50. The van der Waals surface area contributed by atoms with Crippen molar-refractivity contribution in [3.05, 3.63) is 55.1 Å². The first-order valence-electron chi connectivity index (χ1n) is 9.10. The highest BCUT2D eigenvalue weighted by Gasteiger charge is 2.21. The van der Waals surface area contributed by atoms with E-state index in [1.165, 1.54) is 10.6 Å². The van der Waals surface area contributed by atoms with Gasteiger partial charge in [-0.15, -0.1) is 0 Å². The van der Waals surface area contributed by atoms with Crippen LogP contribution in [0.25, 0.3) is 0 Å². The standard InChI is InChI=1S/C19H23N7O2S/c1-3-26(4-2)29(27,28)16-9-7-14(8-10-16)24-18-17(20)19(23-13-22-18)25-15-6-5-11-21-12-15/h5-13H,3-4,20H2,1-2H3,(H2,22,23,24,25). The molecule has 0 aliphatic heterocycles. The van der Waals surface area contributed by atoms with Gasteiger partial charge in [-0.3, -0.25) is 4.98 Å². The molecular formula is C19H23N7O2S. The number of aromatic nitrogens is 3. The highest BCUT2D eigenvalue weighted by atomic mass is 32.2. The Morgan fingerprint density at radius 2 is 1.59 bits per heavy atom. The van der Waals surface area contributed by atoms with Crippen LogP contribution in [0.2, 0.25) is 0 Å². The van der Waals surface area contributed by atoms with Crippen LogP contribution in [0, 0.1) is 0 Å². The third-order valence-electron chi connectivity index (χ3n) is 4.27. The first kappa shape index (κ1) is 20.5. The normalized spacial score (nSPS) is 11.4. The van der Waals surface area contributed by atoms with Crippen molar-refractivity contribution >= 4 is 38.7 Å². The quantitative estimate of drug-likeness (QED) is 0.514. The Hall–Kier alpha value is -3.24. The lowest BCUT2D eigenvalue weighted by Crippen LogP contribution is -2.30. The first-order valence-corrected chi connectivity index (χ1v) is 10.5. The van der Waals surface area contributed by atoms with Crippen molar-refractivity contribution in [3.63, 3.8) is 0 Å². The van der Waals surface area contributed by atoms with Crippen molar-refractivity contribution in [1.29, 1.82) is 0 Å². The number of nitrogens with one attached hydrogen (secondary N) is 2. The summed E-state index contributed by atoms with van der Waals surface area (Å²) in [6.45, 7) is 4.46. The number of anilines is 5. The number of hydrogen-bond acceptors (Lipinski definition) is 8. The molecule has 9 nitrogen and oxygen atoms in total. The third kappa shape index (κ3) is 4.61. The van der Waals surface area contributed by atoms with Crippen LogP contribution in [0.1, 0.15) is 13.8 Å². The maximum absolute atomic E-state index is 12.6. The van der Waals surface area contributed by atoms with Crippen LogP contribution in [0.3, 0.4) is 0 Å². The molecule has 4 N–H and O–H groups in total. The Kier molecular flexibility index (Phi) is 6.25. The molecule has 0 bridgehead atoms. The van der Waals surface area contributed by atoms with Gasteiger partial charge in [-0.05, 0) is 36.4 Å². The molecule has 152 valence electrons. The largest absolute Gasteiger partial charge is 0.393 e. The Labute approximate surface area is 170 Å². The third-order valence-corrected chi connectivity index (χ3v) is 6.33. The van der Waals surface area contributed by atoms with Crippen molar-refractivity contribution in [3.8, 4) is 0 Å². The fraction of sp³-hybridized carbons (Fsp3) is 0.211. The lowest BCUT2D eigenvalue weighted by atomic mass is 10.3. The van der Waals surface area contributed by atoms with Crippen molar-refractivity contribution in [2.24, 2.45) is 0 Å². The fourth-order valence-electron chi connectivity index (χ4n) is 2.73. The topological polar surface area (TPSA) is 126 Å². The van der Waals surface area contributed by atoms with Crippen LogP contribution < -0.4 is 16.4 Å². The molecule has 2 aromatic heterocycles. The highest BCUT2D eigenvalue weighted by Crippen LogP contribution is 2.28. The van der Waals surface area contributed by atoms with Gasteiger partial charge >= 0.3 is 0 Å². The van der Waals surface area contributed by atoms with E-state index in [0.717, 1.165) is 5.69 Å². The number of nitrogens with two attached hydrogens (primary N) is 1. The SMILES string of the molecule is CCN(CC)S(=O)(=O)c1ccc(Nc2ncnc(Nc3cccnc3)c2N)cc1. The number of benzene rings is 1. The Morgan fingerprint density at radius 1 is 0.966 bits per heavy atom. The van der Waals surface area contributed by atoms with Gasteiger partial charge in [0.05, 0.1) is 16.8 Å². The fourth-order valence-corrected chi connectivity index (χ4v) is 4.19. The van der Waals surface area contributed by atoms with Gasteiger partial charge in [0.15, 0.2) is 11.6 Å². The summed E-state index contributed by atoms with van der Waals surface area (Å²) < 4.78 is 26.6. The van der Waals surface area contributed by atoms with E-state index in [2.05, 4.69) is 25.6 Å². The second-order valence-electron chi connectivity index (χ2n) is 6.09. The predicted molar refractivity (Wildman–Crippen MR) is 114 cm³/mol. The minimum atomic E-state index is -3.50. The van der Waals surface area contributed by atoms with Gasteiger partial charge in [0.2, 0.25) is 10.0 Å². The summed E-state index contributed by atoms with van der Waals surface area (Å²) in [5.41, 5.74) is 7.91. The molecule has 10 heteroatoms. The molecule has 0 saturated heterocycles. The van der Waals surface area contributed by atoms with E-state index in [1.54, 1.807) is 42.7 Å². The van der Waals surface area contributed by atoms with Gasteiger partial charge < -0.3 is 16.4 Å². The van der Waals surface area contributed by atoms with Crippen molar-refractivity contribution in [2.45, 2.75) is 18.7 Å². The summed E-state index contributed by atoms with van der Waals surface area (Å²) >= 11 is 0. The molecule has 0 fully saturated rings. The van der Waals surface area contributed by atoms with E-state index in [-0.39, 0.29) is 4.90 Å². The van der Waals surface area contributed by atoms with Crippen molar-refractivity contribution in [1.82, 2.24) is 19.3 Å². The van der Waals surface area contributed by atoms with Crippen molar-refractivity contribution in [2.75, 3.05) is 29.5 Å². The van der Waals surface area contributed by atoms with Gasteiger partial charge in [-0.25, -0.2) is 18.4 Å². The number of nitrogens with zero attached hydrogens (tertiary/aromatic N) is 4. The molecule has 29 heavy (non-hydrogen) atoms. The van der Waals surface area contributed by atoms with E-state index in [4.69, 9.17) is 5.73 Å². The van der Waals surface area contributed by atoms with Crippen LogP contribution in [-0.4, -0.2) is 40.8 Å². The van der Waals surface area contributed by atoms with Crippen LogP contribution in [0.5, 0.6) is 0 Å². The monoisotopic (exact) mass is 413 g/mol. The Balaban J connectivity index is 1.79.